The van der Waals surface area contributed by atoms with Crippen LogP contribution in [0, 0.1) is 11.8 Å². The molecule has 0 bridgehead atoms. The monoisotopic (exact) mass is 277 g/mol. The first-order chi connectivity index (χ1) is 9.65. The highest BCUT2D eigenvalue weighted by atomic mass is 16.5. The van der Waals surface area contributed by atoms with Crippen molar-refractivity contribution in [3.63, 3.8) is 0 Å². The Bertz CT molecular complexity index is 479. The van der Waals surface area contributed by atoms with Gasteiger partial charge in [-0.25, -0.2) is 0 Å². The van der Waals surface area contributed by atoms with Crippen molar-refractivity contribution < 1.29 is 9.32 Å². The van der Waals surface area contributed by atoms with Crippen LogP contribution >= 0.6 is 0 Å². The maximum Gasteiger partial charge on any atom is 0.249 e. The van der Waals surface area contributed by atoms with Crippen molar-refractivity contribution in [2.75, 3.05) is 6.54 Å². The van der Waals surface area contributed by atoms with Gasteiger partial charge in [-0.05, 0) is 38.0 Å². The van der Waals surface area contributed by atoms with E-state index in [0.717, 1.165) is 50.9 Å². The highest BCUT2D eigenvalue weighted by Crippen LogP contribution is 2.37. The molecule has 110 valence electrons. The molecule has 20 heavy (non-hydrogen) atoms. The van der Waals surface area contributed by atoms with Crippen molar-refractivity contribution in [2.24, 2.45) is 11.8 Å². The molecule has 1 aliphatic carbocycles. The first-order valence-electron chi connectivity index (χ1n) is 7.78. The van der Waals surface area contributed by atoms with Gasteiger partial charge in [0, 0.05) is 18.9 Å². The summed E-state index contributed by atoms with van der Waals surface area (Å²) in [7, 11) is 0. The Balaban J connectivity index is 1.75. The van der Waals surface area contributed by atoms with Crippen molar-refractivity contribution in [3.05, 3.63) is 11.7 Å². The fraction of sp³-hybridized carbons (Fsp3) is 0.800. The number of likely N-dealkylation sites (tertiary alicyclic amines) is 1. The van der Waals surface area contributed by atoms with Gasteiger partial charge in [-0.3, -0.25) is 4.79 Å². The maximum absolute atomic E-state index is 12.4. The molecule has 0 aromatic carbocycles. The predicted octanol–water partition coefficient (Wildman–Crippen LogP) is 2.73. The molecule has 2 fully saturated rings. The summed E-state index contributed by atoms with van der Waals surface area (Å²) in [6.07, 6.45) is 6.08. The van der Waals surface area contributed by atoms with Gasteiger partial charge >= 0.3 is 0 Å². The van der Waals surface area contributed by atoms with Gasteiger partial charge in [0.1, 0.15) is 6.04 Å². The van der Waals surface area contributed by atoms with Crippen molar-refractivity contribution in [2.45, 2.75) is 58.4 Å². The third-order valence-corrected chi connectivity index (χ3v) is 4.07. The molecule has 1 atom stereocenters. The maximum atomic E-state index is 12.4. The van der Waals surface area contributed by atoms with E-state index in [1.807, 2.05) is 4.90 Å². The minimum Gasteiger partial charge on any atom is -0.337 e. The Kier molecular flexibility index (Phi) is 3.76. The largest absolute Gasteiger partial charge is 0.337 e. The van der Waals surface area contributed by atoms with Crippen LogP contribution in [0.5, 0.6) is 0 Å². The van der Waals surface area contributed by atoms with Crippen LogP contribution in [0.15, 0.2) is 4.52 Å². The Morgan fingerprint density at radius 2 is 2.15 bits per heavy atom. The second kappa shape index (κ2) is 5.54. The first-order valence-corrected chi connectivity index (χ1v) is 7.78. The SMILES string of the molecule is CC(C)Cc1noc(C2CCCCN2C(=O)C2CC2)n1. The first kappa shape index (κ1) is 13.6. The summed E-state index contributed by atoms with van der Waals surface area (Å²) in [5.41, 5.74) is 0. The van der Waals surface area contributed by atoms with Crippen LogP contribution in [0.25, 0.3) is 0 Å². The second-order valence-electron chi connectivity index (χ2n) is 6.46. The number of nitrogens with zero attached hydrogens (tertiary/aromatic N) is 3. The number of hydrogen-bond acceptors (Lipinski definition) is 4. The lowest BCUT2D eigenvalue weighted by molar-refractivity contribution is -0.137. The summed E-state index contributed by atoms with van der Waals surface area (Å²) in [5, 5.41) is 4.06. The van der Waals surface area contributed by atoms with Crippen LogP contribution in [-0.2, 0) is 11.2 Å². The summed E-state index contributed by atoms with van der Waals surface area (Å²) in [6.45, 7) is 5.11. The standard InChI is InChI=1S/C15H23N3O2/c1-10(2)9-13-16-14(20-17-13)12-5-3-4-8-18(12)15(19)11-6-7-11/h10-12H,3-9H2,1-2H3. The molecule has 3 rings (SSSR count). The number of hydrogen-bond donors (Lipinski definition) is 0. The van der Waals surface area contributed by atoms with Crippen LogP contribution in [0.1, 0.15) is 63.7 Å². The Morgan fingerprint density at radius 1 is 1.35 bits per heavy atom. The van der Waals surface area contributed by atoms with Gasteiger partial charge in [0.25, 0.3) is 0 Å². The molecule has 0 spiro atoms. The van der Waals surface area contributed by atoms with E-state index >= 15 is 0 Å². The van der Waals surface area contributed by atoms with Crippen LogP contribution < -0.4 is 0 Å². The molecule has 2 heterocycles. The van der Waals surface area contributed by atoms with E-state index in [9.17, 15) is 4.79 Å². The quantitative estimate of drug-likeness (QED) is 0.849. The molecule has 5 heteroatoms. The molecule has 1 aromatic rings. The fourth-order valence-electron chi connectivity index (χ4n) is 2.87. The van der Waals surface area contributed by atoms with Crippen molar-refractivity contribution in [3.8, 4) is 0 Å². The molecule has 1 aliphatic heterocycles. The zero-order valence-electron chi connectivity index (χ0n) is 12.3. The minimum absolute atomic E-state index is 0.00487. The number of aromatic nitrogens is 2. The third-order valence-electron chi connectivity index (χ3n) is 4.07. The topological polar surface area (TPSA) is 59.2 Å². The number of amides is 1. The Morgan fingerprint density at radius 3 is 2.85 bits per heavy atom. The average Bonchev–Trinajstić information content (AvgIpc) is 3.18. The molecule has 5 nitrogen and oxygen atoms in total. The summed E-state index contributed by atoms with van der Waals surface area (Å²) in [5.74, 6) is 2.46. The van der Waals surface area contributed by atoms with Gasteiger partial charge < -0.3 is 9.42 Å². The third kappa shape index (κ3) is 2.86. The van der Waals surface area contributed by atoms with Crippen LogP contribution in [0.3, 0.4) is 0 Å². The van der Waals surface area contributed by atoms with E-state index < -0.39 is 0 Å². The lowest BCUT2D eigenvalue weighted by atomic mass is 10.0. The molecule has 1 saturated carbocycles. The second-order valence-corrected chi connectivity index (χ2v) is 6.46. The van der Waals surface area contributed by atoms with Gasteiger partial charge in [0.05, 0.1) is 0 Å². The van der Waals surface area contributed by atoms with Crippen LogP contribution in [0.4, 0.5) is 0 Å². The van der Waals surface area contributed by atoms with Crippen molar-refractivity contribution in [1.29, 1.82) is 0 Å². The number of piperidine rings is 1. The molecule has 0 radical (unpaired) electrons. The van der Waals surface area contributed by atoms with Gasteiger partial charge in [-0.15, -0.1) is 0 Å². The van der Waals surface area contributed by atoms with Crippen molar-refractivity contribution >= 4 is 5.91 Å². The van der Waals surface area contributed by atoms with Gasteiger partial charge in [0.15, 0.2) is 5.82 Å². The molecule has 0 N–H and O–H groups in total. The normalized spacial score (nSPS) is 23.4. The number of carbonyl (C=O) groups excluding carboxylic acids is 1. The molecule has 1 amide bonds. The predicted molar refractivity (Wildman–Crippen MR) is 73.9 cm³/mol. The van der Waals surface area contributed by atoms with E-state index in [1.54, 1.807) is 0 Å². The van der Waals surface area contributed by atoms with E-state index in [1.165, 1.54) is 0 Å². The lowest BCUT2D eigenvalue weighted by Gasteiger charge is -2.33. The van der Waals surface area contributed by atoms with Crippen molar-refractivity contribution in [1.82, 2.24) is 15.0 Å². The smallest absolute Gasteiger partial charge is 0.249 e. The summed E-state index contributed by atoms with van der Waals surface area (Å²) in [6, 6.07) is 0.00487. The van der Waals surface area contributed by atoms with E-state index in [2.05, 4.69) is 24.0 Å². The van der Waals surface area contributed by atoms with Gasteiger partial charge in [-0.2, -0.15) is 4.98 Å². The Labute approximate surface area is 119 Å². The molecule has 1 unspecified atom stereocenters. The fourth-order valence-corrected chi connectivity index (χ4v) is 2.87. The summed E-state index contributed by atoms with van der Waals surface area (Å²) in [4.78, 5) is 18.9. The van der Waals surface area contributed by atoms with E-state index in [-0.39, 0.29) is 12.0 Å². The van der Waals surface area contributed by atoms with Crippen LogP contribution in [-0.4, -0.2) is 27.5 Å². The van der Waals surface area contributed by atoms with E-state index in [0.29, 0.717) is 17.7 Å². The van der Waals surface area contributed by atoms with E-state index in [4.69, 9.17) is 4.52 Å². The zero-order chi connectivity index (χ0) is 14.1. The lowest BCUT2D eigenvalue weighted by Crippen LogP contribution is -2.39. The molecule has 2 aliphatic rings. The van der Waals surface area contributed by atoms with Gasteiger partial charge in [0.2, 0.25) is 11.8 Å². The molecular weight excluding hydrogens is 254 g/mol. The minimum atomic E-state index is 0.00487. The summed E-state index contributed by atoms with van der Waals surface area (Å²) < 4.78 is 5.43. The Hall–Kier alpha value is -1.39. The highest BCUT2D eigenvalue weighted by Gasteiger charge is 2.39. The zero-order valence-corrected chi connectivity index (χ0v) is 12.3. The summed E-state index contributed by atoms with van der Waals surface area (Å²) >= 11 is 0. The average molecular weight is 277 g/mol. The highest BCUT2D eigenvalue weighted by molar-refractivity contribution is 5.81. The number of rotatable bonds is 4. The molecule has 1 saturated heterocycles. The molecular formula is C15H23N3O2. The molecule has 1 aromatic heterocycles. The van der Waals surface area contributed by atoms with Crippen LogP contribution in [0.2, 0.25) is 0 Å². The van der Waals surface area contributed by atoms with Gasteiger partial charge in [-0.1, -0.05) is 19.0 Å². The number of carbonyl (C=O) groups is 1.